The monoisotopic (exact) mass is 456 g/mol. The molecule has 3 aromatic carbocycles. The molecule has 5 rings (SSSR count). The molecule has 1 amide bonds. The minimum absolute atomic E-state index is 0.0295. The highest BCUT2D eigenvalue weighted by molar-refractivity contribution is 5.82. The molecule has 1 fully saturated rings. The summed E-state index contributed by atoms with van der Waals surface area (Å²) >= 11 is 0. The van der Waals surface area contributed by atoms with Gasteiger partial charge in [0.1, 0.15) is 0 Å². The molecule has 1 aromatic heterocycles. The molecule has 1 saturated heterocycles. The summed E-state index contributed by atoms with van der Waals surface area (Å²) in [7, 11) is 0. The second-order valence-electron chi connectivity index (χ2n) is 8.77. The van der Waals surface area contributed by atoms with Gasteiger partial charge in [0.25, 0.3) is 0 Å². The number of hydrogen-bond donors (Lipinski definition) is 1. The number of rotatable bonds is 7. The lowest BCUT2D eigenvalue weighted by molar-refractivity contribution is -0.0216. The standard InChI is InChI=1S/C27H28N4O3/c32-27(33)30-14-13-24(25-17-28-29-31(25)15-12-20-6-2-1-3-7-20)26(18-30)34-19-21-10-11-22-8-4-5-9-23(22)16-21/h1-11,16-17,24,26H,12-15,18-19H2,(H,32,33)/t24-,26+/m1/s1. The second-order valence-corrected chi connectivity index (χ2v) is 8.77. The van der Waals surface area contributed by atoms with Gasteiger partial charge in [0.05, 0.1) is 31.1 Å². The lowest BCUT2D eigenvalue weighted by atomic mass is 9.90. The molecular weight excluding hydrogens is 428 g/mol. The fourth-order valence-electron chi connectivity index (χ4n) is 4.74. The highest BCUT2D eigenvalue weighted by Gasteiger charge is 2.35. The first-order valence-electron chi connectivity index (χ1n) is 11.7. The molecule has 34 heavy (non-hydrogen) atoms. The maximum Gasteiger partial charge on any atom is 0.407 e. The van der Waals surface area contributed by atoms with Crippen LogP contribution in [0.3, 0.4) is 0 Å². The van der Waals surface area contributed by atoms with Gasteiger partial charge in [-0.1, -0.05) is 71.9 Å². The Morgan fingerprint density at radius 2 is 1.79 bits per heavy atom. The van der Waals surface area contributed by atoms with E-state index in [1.165, 1.54) is 21.2 Å². The number of aryl methyl sites for hydroxylation is 2. The van der Waals surface area contributed by atoms with Crippen molar-refractivity contribution in [2.24, 2.45) is 0 Å². The topological polar surface area (TPSA) is 80.5 Å². The van der Waals surface area contributed by atoms with Crippen LogP contribution in [0.25, 0.3) is 10.8 Å². The summed E-state index contributed by atoms with van der Waals surface area (Å²) in [5.41, 5.74) is 3.32. The number of benzene rings is 3. The summed E-state index contributed by atoms with van der Waals surface area (Å²) in [6.45, 7) is 1.94. The van der Waals surface area contributed by atoms with Crippen molar-refractivity contribution in [2.75, 3.05) is 13.1 Å². The van der Waals surface area contributed by atoms with Crippen LogP contribution < -0.4 is 0 Å². The average Bonchev–Trinajstić information content (AvgIpc) is 3.35. The van der Waals surface area contributed by atoms with E-state index < -0.39 is 6.09 Å². The smallest absolute Gasteiger partial charge is 0.407 e. The van der Waals surface area contributed by atoms with Crippen molar-refractivity contribution in [1.82, 2.24) is 19.9 Å². The summed E-state index contributed by atoms with van der Waals surface area (Å²) in [5, 5.41) is 20.4. The van der Waals surface area contributed by atoms with Crippen molar-refractivity contribution >= 4 is 16.9 Å². The third-order valence-electron chi connectivity index (χ3n) is 6.59. The normalized spacial score (nSPS) is 18.3. The van der Waals surface area contributed by atoms with Crippen molar-refractivity contribution in [3.05, 3.63) is 95.8 Å². The predicted molar refractivity (Wildman–Crippen MR) is 130 cm³/mol. The number of carbonyl (C=O) groups is 1. The average molecular weight is 457 g/mol. The molecule has 174 valence electrons. The number of ether oxygens (including phenoxy) is 1. The molecule has 1 aliphatic rings. The molecule has 2 heterocycles. The van der Waals surface area contributed by atoms with Gasteiger partial charge in [0.15, 0.2) is 0 Å². The third kappa shape index (κ3) is 4.94. The number of fused-ring (bicyclic) bond motifs is 1. The number of hydrogen-bond acceptors (Lipinski definition) is 4. The van der Waals surface area contributed by atoms with E-state index in [1.54, 1.807) is 6.20 Å². The number of nitrogens with zero attached hydrogens (tertiary/aromatic N) is 4. The van der Waals surface area contributed by atoms with E-state index >= 15 is 0 Å². The van der Waals surface area contributed by atoms with Gasteiger partial charge >= 0.3 is 6.09 Å². The zero-order valence-corrected chi connectivity index (χ0v) is 19.0. The highest BCUT2D eigenvalue weighted by Crippen LogP contribution is 2.31. The molecule has 0 aliphatic carbocycles. The minimum atomic E-state index is -0.909. The van der Waals surface area contributed by atoms with Gasteiger partial charge in [-0.15, -0.1) is 5.10 Å². The summed E-state index contributed by atoms with van der Waals surface area (Å²) in [4.78, 5) is 13.1. The fraction of sp³-hybridized carbons (Fsp3) is 0.296. The first-order valence-corrected chi connectivity index (χ1v) is 11.7. The maximum absolute atomic E-state index is 11.7. The fourth-order valence-corrected chi connectivity index (χ4v) is 4.74. The SMILES string of the molecule is O=C(O)N1CC[C@H](c2cnnn2CCc2ccccc2)[C@@H](OCc2ccc3ccccc3c2)C1. The van der Waals surface area contributed by atoms with E-state index in [0.717, 1.165) is 24.2 Å². The van der Waals surface area contributed by atoms with Crippen LogP contribution in [-0.2, 0) is 24.3 Å². The number of piperidine rings is 1. The first-order chi connectivity index (χ1) is 16.7. The number of amides is 1. The van der Waals surface area contributed by atoms with Crippen molar-refractivity contribution in [2.45, 2.75) is 38.0 Å². The molecule has 0 radical (unpaired) electrons. The van der Waals surface area contributed by atoms with E-state index in [9.17, 15) is 9.90 Å². The van der Waals surface area contributed by atoms with Crippen molar-refractivity contribution in [3.8, 4) is 0 Å². The van der Waals surface area contributed by atoms with E-state index in [2.05, 4.69) is 52.8 Å². The Morgan fingerprint density at radius 3 is 2.62 bits per heavy atom. The van der Waals surface area contributed by atoms with Crippen LogP contribution in [-0.4, -0.2) is 50.3 Å². The first kappa shape index (κ1) is 22.1. The molecule has 1 N–H and O–H groups in total. The van der Waals surface area contributed by atoms with E-state index in [1.807, 2.05) is 35.0 Å². The van der Waals surface area contributed by atoms with Crippen LogP contribution in [0.1, 0.15) is 29.2 Å². The Bertz CT molecular complexity index is 1260. The molecule has 0 spiro atoms. The van der Waals surface area contributed by atoms with Crippen LogP contribution >= 0.6 is 0 Å². The van der Waals surface area contributed by atoms with Gasteiger partial charge in [0, 0.05) is 19.0 Å². The van der Waals surface area contributed by atoms with Crippen molar-refractivity contribution in [1.29, 1.82) is 0 Å². The van der Waals surface area contributed by atoms with E-state index in [4.69, 9.17) is 4.74 Å². The van der Waals surface area contributed by atoms with E-state index in [0.29, 0.717) is 26.1 Å². The lowest BCUT2D eigenvalue weighted by Crippen LogP contribution is -2.46. The lowest BCUT2D eigenvalue weighted by Gasteiger charge is -2.37. The zero-order valence-electron chi connectivity index (χ0n) is 19.0. The summed E-state index contributed by atoms with van der Waals surface area (Å²) in [5.74, 6) is 0.0295. The molecule has 0 saturated carbocycles. The van der Waals surface area contributed by atoms with Gasteiger partial charge < -0.3 is 14.7 Å². The van der Waals surface area contributed by atoms with Crippen LogP contribution in [0.2, 0.25) is 0 Å². The number of carboxylic acid groups (broad SMARTS) is 1. The molecule has 0 bridgehead atoms. The molecule has 7 heteroatoms. The Hall–Kier alpha value is -3.71. The van der Waals surface area contributed by atoms with Gasteiger partial charge in [-0.3, -0.25) is 0 Å². The van der Waals surface area contributed by atoms with Gasteiger partial charge in [-0.05, 0) is 40.8 Å². The second kappa shape index (κ2) is 10.1. The van der Waals surface area contributed by atoms with Crippen molar-refractivity contribution < 1.29 is 14.6 Å². The Labute approximate surface area is 198 Å². The quantitative estimate of drug-likeness (QED) is 0.435. The number of likely N-dealkylation sites (tertiary alicyclic amines) is 1. The van der Waals surface area contributed by atoms with Crippen molar-refractivity contribution in [3.63, 3.8) is 0 Å². The number of aromatic nitrogens is 3. The molecule has 4 aromatic rings. The van der Waals surface area contributed by atoms with E-state index in [-0.39, 0.29) is 12.0 Å². The molecule has 0 unspecified atom stereocenters. The van der Waals surface area contributed by atoms with Crippen LogP contribution in [0, 0.1) is 0 Å². The van der Waals surface area contributed by atoms with Crippen LogP contribution in [0.15, 0.2) is 79.0 Å². The Balaban J connectivity index is 1.33. The van der Waals surface area contributed by atoms with Gasteiger partial charge in [0.2, 0.25) is 0 Å². The molecule has 7 nitrogen and oxygen atoms in total. The highest BCUT2D eigenvalue weighted by atomic mass is 16.5. The summed E-state index contributed by atoms with van der Waals surface area (Å²) in [6, 6.07) is 24.8. The molecule has 1 aliphatic heterocycles. The minimum Gasteiger partial charge on any atom is -0.465 e. The molecular formula is C27H28N4O3. The largest absolute Gasteiger partial charge is 0.465 e. The zero-order chi connectivity index (χ0) is 23.3. The summed E-state index contributed by atoms with van der Waals surface area (Å²) in [6.07, 6.45) is 2.15. The Morgan fingerprint density at radius 1 is 1.00 bits per heavy atom. The third-order valence-corrected chi connectivity index (χ3v) is 6.59. The predicted octanol–water partition coefficient (Wildman–Crippen LogP) is 4.73. The Kier molecular flexibility index (Phi) is 6.53. The maximum atomic E-state index is 11.7. The molecule has 2 atom stereocenters. The van der Waals surface area contributed by atoms with Gasteiger partial charge in [-0.25, -0.2) is 9.48 Å². The van der Waals surface area contributed by atoms with Crippen LogP contribution in [0.4, 0.5) is 4.79 Å². The summed E-state index contributed by atoms with van der Waals surface area (Å²) < 4.78 is 8.32. The van der Waals surface area contributed by atoms with Crippen LogP contribution in [0.5, 0.6) is 0 Å². The van der Waals surface area contributed by atoms with Gasteiger partial charge in [-0.2, -0.15) is 0 Å².